The van der Waals surface area contributed by atoms with E-state index < -0.39 is 12.1 Å². The van der Waals surface area contributed by atoms with Gasteiger partial charge in [0.1, 0.15) is 0 Å². The second-order valence-corrected chi connectivity index (χ2v) is 4.44. The lowest BCUT2D eigenvalue weighted by Gasteiger charge is -1.98. The maximum Gasteiger partial charge on any atom is 0.303 e. The first-order valence-corrected chi connectivity index (χ1v) is 6.68. The fraction of sp³-hybridized carbons (Fsp3) is 0.667. The van der Waals surface area contributed by atoms with Gasteiger partial charge in [-0.3, -0.25) is 4.79 Å². The summed E-state index contributed by atoms with van der Waals surface area (Å²) in [5, 5.41) is 17.4. The fourth-order valence-electron chi connectivity index (χ4n) is 1.52. The van der Waals surface area contributed by atoms with Crippen LogP contribution in [0.1, 0.15) is 58.3 Å². The SMILES string of the molecule is CC(O)/C=C/C#CCCCCCCCCC(=O)O. The van der Waals surface area contributed by atoms with Crippen molar-refractivity contribution in [2.45, 2.75) is 64.4 Å². The first-order valence-electron chi connectivity index (χ1n) is 6.68. The number of rotatable bonds is 9. The van der Waals surface area contributed by atoms with Gasteiger partial charge in [-0.05, 0) is 31.9 Å². The topological polar surface area (TPSA) is 57.5 Å². The highest BCUT2D eigenvalue weighted by atomic mass is 16.4. The zero-order chi connectivity index (χ0) is 13.6. The lowest BCUT2D eigenvalue weighted by atomic mass is 10.1. The summed E-state index contributed by atoms with van der Waals surface area (Å²) in [6.45, 7) is 1.70. The maximum absolute atomic E-state index is 10.3. The molecule has 0 aromatic heterocycles. The first kappa shape index (κ1) is 16.7. The maximum atomic E-state index is 10.3. The van der Waals surface area contributed by atoms with E-state index in [1.807, 2.05) is 0 Å². The summed E-state index contributed by atoms with van der Waals surface area (Å²) in [5.74, 6) is 5.22. The number of aliphatic hydroxyl groups excluding tert-OH is 1. The van der Waals surface area contributed by atoms with Crippen LogP contribution < -0.4 is 0 Å². The molecule has 3 nitrogen and oxygen atoms in total. The minimum atomic E-state index is -0.699. The molecule has 0 aliphatic rings. The number of allylic oxidation sites excluding steroid dienone is 1. The van der Waals surface area contributed by atoms with Crippen molar-refractivity contribution in [2.24, 2.45) is 0 Å². The van der Waals surface area contributed by atoms with E-state index in [1.54, 1.807) is 19.1 Å². The van der Waals surface area contributed by atoms with E-state index in [1.165, 1.54) is 0 Å². The third-order valence-electron chi connectivity index (χ3n) is 2.50. The van der Waals surface area contributed by atoms with Crippen LogP contribution in [0.3, 0.4) is 0 Å². The van der Waals surface area contributed by atoms with Crippen LogP contribution in [0.5, 0.6) is 0 Å². The molecule has 0 rings (SSSR count). The van der Waals surface area contributed by atoms with E-state index in [9.17, 15) is 4.79 Å². The number of hydrogen-bond acceptors (Lipinski definition) is 2. The van der Waals surface area contributed by atoms with Gasteiger partial charge in [-0.2, -0.15) is 0 Å². The second kappa shape index (κ2) is 12.2. The van der Waals surface area contributed by atoms with Crippen LogP contribution >= 0.6 is 0 Å². The van der Waals surface area contributed by atoms with Gasteiger partial charge in [0.2, 0.25) is 0 Å². The highest BCUT2D eigenvalue weighted by molar-refractivity contribution is 5.66. The summed E-state index contributed by atoms with van der Waals surface area (Å²) >= 11 is 0. The predicted molar refractivity (Wildman–Crippen MR) is 73.2 cm³/mol. The smallest absolute Gasteiger partial charge is 0.303 e. The third kappa shape index (κ3) is 14.7. The van der Waals surface area contributed by atoms with E-state index in [-0.39, 0.29) is 0 Å². The van der Waals surface area contributed by atoms with Crippen LogP contribution in [0, 0.1) is 11.8 Å². The number of carboxylic acids is 1. The highest BCUT2D eigenvalue weighted by Crippen LogP contribution is 2.08. The van der Waals surface area contributed by atoms with Crippen LogP contribution in [0.4, 0.5) is 0 Å². The van der Waals surface area contributed by atoms with Gasteiger partial charge >= 0.3 is 5.97 Å². The van der Waals surface area contributed by atoms with Crippen molar-refractivity contribution < 1.29 is 15.0 Å². The Morgan fingerprint density at radius 2 is 1.78 bits per heavy atom. The molecule has 0 saturated heterocycles. The highest BCUT2D eigenvalue weighted by Gasteiger charge is 1.95. The molecule has 0 aliphatic carbocycles. The van der Waals surface area contributed by atoms with Crippen molar-refractivity contribution >= 4 is 5.97 Å². The lowest BCUT2D eigenvalue weighted by molar-refractivity contribution is -0.137. The van der Waals surface area contributed by atoms with Crippen LogP contribution in [-0.2, 0) is 4.79 Å². The molecule has 18 heavy (non-hydrogen) atoms. The average molecular weight is 252 g/mol. The molecule has 0 aliphatic heterocycles. The van der Waals surface area contributed by atoms with Gasteiger partial charge in [0.25, 0.3) is 0 Å². The van der Waals surface area contributed by atoms with Gasteiger partial charge in [-0.15, -0.1) is 0 Å². The standard InChI is InChI=1S/C15H24O3/c1-14(16)12-10-8-6-4-2-3-5-7-9-11-13-15(17)18/h10,12,14,16H,2-5,7,9,11,13H2,1H3,(H,17,18)/b12-10+. The Hall–Kier alpha value is -1.27. The molecule has 0 bridgehead atoms. The van der Waals surface area contributed by atoms with Crippen LogP contribution in [0.2, 0.25) is 0 Å². The Kier molecular flexibility index (Phi) is 11.3. The summed E-state index contributed by atoms with van der Waals surface area (Å²) < 4.78 is 0. The van der Waals surface area contributed by atoms with Crippen molar-refractivity contribution in [1.82, 2.24) is 0 Å². The second-order valence-electron chi connectivity index (χ2n) is 4.44. The molecule has 3 heteroatoms. The Balaban J connectivity index is 3.23. The summed E-state index contributed by atoms with van der Waals surface area (Å²) in [6, 6.07) is 0. The van der Waals surface area contributed by atoms with Gasteiger partial charge < -0.3 is 10.2 Å². The minimum Gasteiger partial charge on any atom is -0.481 e. The Morgan fingerprint density at radius 3 is 2.39 bits per heavy atom. The van der Waals surface area contributed by atoms with Gasteiger partial charge in [-0.25, -0.2) is 0 Å². The van der Waals surface area contributed by atoms with E-state index in [0.29, 0.717) is 6.42 Å². The van der Waals surface area contributed by atoms with E-state index in [4.69, 9.17) is 10.2 Å². The van der Waals surface area contributed by atoms with Gasteiger partial charge in [0.15, 0.2) is 0 Å². The largest absolute Gasteiger partial charge is 0.481 e. The molecule has 102 valence electrons. The number of hydrogen-bond donors (Lipinski definition) is 2. The Labute approximate surface area is 110 Å². The van der Waals surface area contributed by atoms with Crippen molar-refractivity contribution in [3.8, 4) is 11.8 Å². The summed E-state index contributed by atoms with van der Waals surface area (Å²) in [6.07, 6.45) is 10.4. The van der Waals surface area contributed by atoms with E-state index >= 15 is 0 Å². The predicted octanol–water partition coefficient (Wildman–Crippen LogP) is 3.13. The van der Waals surface area contributed by atoms with Gasteiger partial charge in [0.05, 0.1) is 6.10 Å². The molecule has 0 saturated carbocycles. The molecule has 1 unspecified atom stereocenters. The quantitative estimate of drug-likeness (QED) is 0.489. The normalized spacial score (nSPS) is 12.1. The van der Waals surface area contributed by atoms with E-state index in [2.05, 4.69) is 11.8 Å². The zero-order valence-corrected chi connectivity index (χ0v) is 11.2. The molecular weight excluding hydrogens is 228 g/mol. The molecule has 0 fully saturated rings. The summed E-state index contributed by atoms with van der Waals surface area (Å²) in [5.41, 5.74) is 0. The van der Waals surface area contributed by atoms with Gasteiger partial charge in [-0.1, -0.05) is 37.5 Å². The molecule has 0 amide bonds. The van der Waals surface area contributed by atoms with E-state index in [0.717, 1.165) is 44.9 Å². The molecule has 0 aromatic rings. The lowest BCUT2D eigenvalue weighted by Crippen LogP contribution is -1.93. The molecular formula is C15H24O3. The third-order valence-corrected chi connectivity index (χ3v) is 2.50. The monoisotopic (exact) mass is 252 g/mol. The van der Waals surface area contributed by atoms with Crippen molar-refractivity contribution in [1.29, 1.82) is 0 Å². The number of carbonyl (C=O) groups is 1. The Morgan fingerprint density at radius 1 is 1.17 bits per heavy atom. The number of aliphatic carboxylic acids is 1. The molecule has 0 aromatic carbocycles. The Bertz CT molecular complexity index is 295. The van der Waals surface area contributed by atoms with Crippen LogP contribution in [-0.4, -0.2) is 22.3 Å². The average Bonchev–Trinajstić information content (AvgIpc) is 2.29. The molecule has 2 N–H and O–H groups in total. The molecule has 1 atom stereocenters. The fourth-order valence-corrected chi connectivity index (χ4v) is 1.52. The van der Waals surface area contributed by atoms with Crippen LogP contribution in [0.15, 0.2) is 12.2 Å². The van der Waals surface area contributed by atoms with Crippen molar-refractivity contribution in [3.05, 3.63) is 12.2 Å². The molecule has 0 heterocycles. The number of aliphatic hydroxyl groups is 1. The number of carboxylic acid groups (broad SMARTS) is 1. The molecule has 0 spiro atoms. The summed E-state index contributed by atoms with van der Waals surface area (Å²) in [4.78, 5) is 10.3. The number of unbranched alkanes of at least 4 members (excludes halogenated alkanes) is 6. The van der Waals surface area contributed by atoms with Crippen molar-refractivity contribution in [3.63, 3.8) is 0 Å². The zero-order valence-electron chi connectivity index (χ0n) is 11.2. The van der Waals surface area contributed by atoms with Gasteiger partial charge in [0, 0.05) is 12.8 Å². The van der Waals surface area contributed by atoms with Crippen molar-refractivity contribution in [2.75, 3.05) is 0 Å². The first-order chi connectivity index (χ1) is 8.63. The van der Waals surface area contributed by atoms with Crippen LogP contribution in [0.25, 0.3) is 0 Å². The summed E-state index contributed by atoms with van der Waals surface area (Å²) in [7, 11) is 0. The minimum absolute atomic E-state index is 0.293. The molecule has 0 radical (unpaired) electrons.